The first-order valence-electron chi connectivity index (χ1n) is 9.48. The average Bonchev–Trinajstić information content (AvgIpc) is 3.14. The Balaban J connectivity index is 1.60. The fourth-order valence-electron chi connectivity index (χ4n) is 3.40. The molecule has 0 saturated heterocycles. The van der Waals surface area contributed by atoms with Gasteiger partial charge in [0.05, 0.1) is 6.10 Å². The van der Waals surface area contributed by atoms with Crippen LogP contribution in [0.3, 0.4) is 0 Å². The number of ketones is 1. The maximum atomic E-state index is 11.2. The van der Waals surface area contributed by atoms with E-state index in [2.05, 4.69) is 30.9 Å². The Bertz CT molecular complexity index is 785. The summed E-state index contributed by atoms with van der Waals surface area (Å²) in [6, 6.07) is 16.2. The predicted molar refractivity (Wildman–Crippen MR) is 105 cm³/mol. The molecule has 0 N–H and O–H groups in total. The van der Waals surface area contributed by atoms with Gasteiger partial charge in [0.15, 0.2) is 0 Å². The second-order valence-corrected chi connectivity index (χ2v) is 7.23. The third-order valence-electron chi connectivity index (χ3n) is 4.88. The fraction of sp³-hybridized carbons (Fsp3) is 0.375. The first-order chi connectivity index (χ1) is 12.6. The van der Waals surface area contributed by atoms with Crippen molar-refractivity contribution in [3.05, 3.63) is 65.2 Å². The Kier molecular flexibility index (Phi) is 6.12. The van der Waals surface area contributed by atoms with Gasteiger partial charge in [-0.2, -0.15) is 0 Å². The van der Waals surface area contributed by atoms with Crippen molar-refractivity contribution in [3.63, 3.8) is 0 Å². The van der Waals surface area contributed by atoms with Crippen LogP contribution in [-0.4, -0.2) is 11.9 Å². The minimum absolute atomic E-state index is 0.224. The minimum atomic E-state index is 0.224. The van der Waals surface area contributed by atoms with E-state index in [-0.39, 0.29) is 11.7 Å². The van der Waals surface area contributed by atoms with Crippen LogP contribution in [-0.2, 0) is 4.79 Å². The van der Waals surface area contributed by atoms with E-state index in [9.17, 15) is 4.79 Å². The Labute approximate surface area is 156 Å². The number of carbonyl (C=O) groups excluding carboxylic acids is 1. The van der Waals surface area contributed by atoms with Crippen LogP contribution in [0.5, 0.6) is 5.75 Å². The van der Waals surface area contributed by atoms with Crippen LogP contribution in [0.4, 0.5) is 0 Å². The molecule has 1 fully saturated rings. The maximum Gasteiger partial charge on any atom is 0.130 e. The Morgan fingerprint density at radius 2 is 1.54 bits per heavy atom. The van der Waals surface area contributed by atoms with Crippen LogP contribution in [0.1, 0.15) is 68.6 Å². The number of ether oxygens (including phenoxy) is 1. The molecule has 1 atom stereocenters. The summed E-state index contributed by atoms with van der Waals surface area (Å²) < 4.78 is 5.98. The van der Waals surface area contributed by atoms with Crippen LogP contribution in [0.2, 0.25) is 0 Å². The van der Waals surface area contributed by atoms with E-state index in [1.807, 2.05) is 36.4 Å². The minimum Gasteiger partial charge on any atom is -0.490 e. The molecular weight excluding hydrogens is 320 g/mol. The van der Waals surface area contributed by atoms with Gasteiger partial charge in [0.2, 0.25) is 0 Å². The van der Waals surface area contributed by atoms with Gasteiger partial charge in [-0.05, 0) is 80.5 Å². The van der Waals surface area contributed by atoms with Crippen LogP contribution in [0, 0.1) is 11.8 Å². The SMILES string of the molecule is CC(=O)CC(C)c1ccc(C#Cc2ccc(OC3CCCC3)cc2)cc1. The molecule has 2 aromatic carbocycles. The molecule has 134 valence electrons. The first kappa shape index (κ1) is 18.3. The van der Waals surface area contributed by atoms with Gasteiger partial charge in [0.1, 0.15) is 11.5 Å². The molecule has 0 bridgehead atoms. The topological polar surface area (TPSA) is 26.3 Å². The quantitative estimate of drug-likeness (QED) is 0.669. The van der Waals surface area contributed by atoms with Gasteiger partial charge >= 0.3 is 0 Å². The largest absolute Gasteiger partial charge is 0.490 e. The zero-order chi connectivity index (χ0) is 18.4. The lowest BCUT2D eigenvalue weighted by Gasteiger charge is -2.12. The van der Waals surface area contributed by atoms with Gasteiger partial charge in [-0.1, -0.05) is 30.9 Å². The molecule has 2 aromatic rings. The summed E-state index contributed by atoms with van der Waals surface area (Å²) in [7, 11) is 0. The van der Waals surface area contributed by atoms with Crippen molar-refractivity contribution in [2.24, 2.45) is 0 Å². The summed E-state index contributed by atoms with van der Waals surface area (Å²) in [6.07, 6.45) is 5.86. The summed E-state index contributed by atoms with van der Waals surface area (Å²) in [6.45, 7) is 3.72. The van der Waals surface area contributed by atoms with Crippen molar-refractivity contribution in [3.8, 4) is 17.6 Å². The van der Waals surface area contributed by atoms with E-state index >= 15 is 0 Å². The second-order valence-electron chi connectivity index (χ2n) is 7.23. The molecule has 2 nitrogen and oxygen atoms in total. The molecular formula is C24H26O2. The van der Waals surface area contributed by atoms with Gasteiger partial charge in [-0.25, -0.2) is 0 Å². The van der Waals surface area contributed by atoms with Gasteiger partial charge < -0.3 is 9.53 Å². The number of rotatable bonds is 5. The second kappa shape index (κ2) is 8.72. The van der Waals surface area contributed by atoms with Crippen molar-refractivity contribution in [1.82, 2.24) is 0 Å². The monoisotopic (exact) mass is 346 g/mol. The molecule has 0 heterocycles. The van der Waals surface area contributed by atoms with Crippen LogP contribution in [0.25, 0.3) is 0 Å². The first-order valence-corrected chi connectivity index (χ1v) is 9.48. The molecule has 1 unspecified atom stereocenters. The number of Topliss-reactive ketones (excluding diaryl/α,β-unsaturated/α-hetero) is 1. The summed E-state index contributed by atoms with van der Waals surface area (Å²) in [5, 5.41) is 0. The van der Waals surface area contributed by atoms with Crippen molar-refractivity contribution < 1.29 is 9.53 Å². The lowest BCUT2D eigenvalue weighted by molar-refractivity contribution is -0.117. The van der Waals surface area contributed by atoms with Gasteiger partial charge in [0, 0.05) is 17.5 Å². The third-order valence-corrected chi connectivity index (χ3v) is 4.88. The highest BCUT2D eigenvalue weighted by molar-refractivity contribution is 5.76. The Hall–Kier alpha value is -2.53. The highest BCUT2D eigenvalue weighted by atomic mass is 16.5. The highest BCUT2D eigenvalue weighted by Gasteiger charge is 2.16. The van der Waals surface area contributed by atoms with E-state index in [0.717, 1.165) is 16.9 Å². The average molecular weight is 346 g/mol. The zero-order valence-corrected chi connectivity index (χ0v) is 15.6. The molecule has 0 aromatic heterocycles. The molecule has 26 heavy (non-hydrogen) atoms. The van der Waals surface area contributed by atoms with Crippen LogP contribution < -0.4 is 4.74 Å². The van der Waals surface area contributed by atoms with Gasteiger partial charge in [0.25, 0.3) is 0 Å². The summed E-state index contributed by atoms with van der Waals surface area (Å²) in [5.41, 5.74) is 3.15. The van der Waals surface area contributed by atoms with E-state index in [1.165, 1.54) is 31.2 Å². The molecule has 0 amide bonds. The van der Waals surface area contributed by atoms with E-state index < -0.39 is 0 Å². The molecule has 0 aliphatic heterocycles. The smallest absolute Gasteiger partial charge is 0.130 e. The Morgan fingerprint density at radius 1 is 1.00 bits per heavy atom. The van der Waals surface area contributed by atoms with Gasteiger partial charge in [-0.3, -0.25) is 0 Å². The molecule has 2 heteroatoms. The predicted octanol–water partition coefficient (Wildman–Crippen LogP) is 5.49. The molecule has 3 rings (SSSR count). The molecule has 0 radical (unpaired) electrons. The number of carbonyl (C=O) groups is 1. The van der Waals surface area contributed by atoms with Crippen LogP contribution in [0.15, 0.2) is 48.5 Å². The number of benzene rings is 2. The third kappa shape index (κ3) is 5.23. The molecule has 1 saturated carbocycles. The summed E-state index contributed by atoms with van der Waals surface area (Å²) in [4.78, 5) is 11.2. The number of hydrogen-bond donors (Lipinski definition) is 0. The van der Waals surface area contributed by atoms with Gasteiger partial charge in [-0.15, -0.1) is 0 Å². The zero-order valence-electron chi connectivity index (χ0n) is 15.6. The lowest BCUT2D eigenvalue weighted by Crippen LogP contribution is -2.10. The van der Waals surface area contributed by atoms with E-state index in [4.69, 9.17) is 4.74 Å². The van der Waals surface area contributed by atoms with Crippen molar-refractivity contribution >= 4 is 5.78 Å². The van der Waals surface area contributed by atoms with Crippen molar-refractivity contribution in [2.75, 3.05) is 0 Å². The van der Waals surface area contributed by atoms with Crippen molar-refractivity contribution in [2.45, 2.75) is 58.0 Å². The summed E-state index contributed by atoms with van der Waals surface area (Å²) >= 11 is 0. The molecule has 0 spiro atoms. The molecule has 1 aliphatic carbocycles. The maximum absolute atomic E-state index is 11.2. The fourth-order valence-corrected chi connectivity index (χ4v) is 3.40. The standard InChI is InChI=1S/C24H26O2/c1-18(17-19(2)25)22-13-9-20(10-14-22)7-8-21-11-15-24(16-12-21)26-23-5-3-4-6-23/h9-16,18,23H,3-6,17H2,1-2H3. The lowest BCUT2D eigenvalue weighted by atomic mass is 9.95. The van der Waals surface area contributed by atoms with Crippen LogP contribution >= 0.6 is 0 Å². The van der Waals surface area contributed by atoms with E-state index in [0.29, 0.717) is 12.5 Å². The Morgan fingerprint density at radius 3 is 2.08 bits per heavy atom. The molecule has 1 aliphatic rings. The normalized spacial score (nSPS) is 15.2. The summed E-state index contributed by atoms with van der Waals surface area (Å²) in [5.74, 6) is 7.82. The van der Waals surface area contributed by atoms with E-state index in [1.54, 1.807) is 6.92 Å². The highest BCUT2D eigenvalue weighted by Crippen LogP contribution is 2.24. The number of hydrogen-bond acceptors (Lipinski definition) is 2. The van der Waals surface area contributed by atoms with Crippen molar-refractivity contribution in [1.29, 1.82) is 0 Å².